The van der Waals surface area contributed by atoms with Crippen LogP contribution in [0.25, 0.3) is 11.1 Å². The van der Waals surface area contributed by atoms with Gasteiger partial charge in [0.15, 0.2) is 11.5 Å². The molecular formula is C16H15N3O2. The van der Waals surface area contributed by atoms with Gasteiger partial charge >= 0.3 is 0 Å². The van der Waals surface area contributed by atoms with E-state index in [2.05, 4.69) is 15.3 Å². The first-order chi connectivity index (χ1) is 10.2. The van der Waals surface area contributed by atoms with Crippen molar-refractivity contribution in [3.05, 3.63) is 59.7 Å². The second kappa shape index (κ2) is 5.75. The Morgan fingerprint density at radius 3 is 3.05 bits per heavy atom. The number of amides is 1. The van der Waals surface area contributed by atoms with Crippen LogP contribution in [-0.4, -0.2) is 22.4 Å². The molecule has 0 saturated heterocycles. The van der Waals surface area contributed by atoms with Crippen LogP contribution < -0.4 is 5.32 Å². The number of pyridine rings is 1. The molecule has 0 bridgehead atoms. The van der Waals surface area contributed by atoms with Gasteiger partial charge in [-0.15, -0.1) is 0 Å². The quantitative estimate of drug-likeness (QED) is 0.797. The highest BCUT2D eigenvalue weighted by molar-refractivity contribution is 5.93. The smallest absolute Gasteiger partial charge is 0.252 e. The largest absolute Gasteiger partial charge is 0.441 e. The topological polar surface area (TPSA) is 68.0 Å². The highest BCUT2D eigenvalue weighted by Crippen LogP contribution is 2.16. The van der Waals surface area contributed by atoms with Gasteiger partial charge in [-0.25, -0.2) is 4.98 Å². The lowest BCUT2D eigenvalue weighted by molar-refractivity contribution is 0.0954. The molecule has 0 unspecified atom stereocenters. The fraction of sp³-hybridized carbons (Fsp3) is 0.188. The minimum absolute atomic E-state index is 0.111. The summed E-state index contributed by atoms with van der Waals surface area (Å²) in [6.45, 7) is 2.39. The number of aryl methyl sites for hydroxylation is 1. The van der Waals surface area contributed by atoms with Crippen molar-refractivity contribution >= 4 is 17.0 Å². The van der Waals surface area contributed by atoms with Crippen LogP contribution in [0, 0.1) is 6.92 Å². The Bertz CT molecular complexity index is 766. The van der Waals surface area contributed by atoms with Gasteiger partial charge in [-0.05, 0) is 36.2 Å². The van der Waals surface area contributed by atoms with Crippen LogP contribution in [0.4, 0.5) is 0 Å². The number of nitrogens with zero attached hydrogens (tertiary/aromatic N) is 2. The van der Waals surface area contributed by atoms with Gasteiger partial charge in [0.1, 0.15) is 5.52 Å². The first-order valence-electron chi connectivity index (χ1n) is 6.77. The molecule has 0 aliphatic rings. The number of aromatic nitrogens is 2. The van der Waals surface area contributed by atoms with Crippen molar-refractivity contribution in [2.24, 2.45) is 0 Å². The van der Waals surface area contributed by atoms with Gasteiger partial charge in [0.2, 0.25) is 0 Å². The maximum Gasteiger partial charge on any atom is 0.252 e. The molecule has 1 aromatic carbocycles. The SMILES string of the molecule is Cc1nc2ccc(CCNC(=O)c3cccnc3)cc2o1. The summed E-state index contributed by atoms with van der Waals surface area (Å²) in [6, 6.07) is 9.39. The number of nitrogens with one attached hydrogen (secondary N) is 1. The van der Waals surface area contributed by atoms with Crippen LogP contribution in [0.5, 0.6) is 0 Å². The monoisotopic (exact) mass is 281 g/mol. The Balaban J connectivity index is 1.60. The lowest BCUT2D eigenvalue weighted by Crippen LogP contribution is -2.25. The van der Waals surface area contributed by atoms with Crippen molar-refractivity contribution in [3.63, 3.8) is 0 Å². The fourth-order valence-electron chi connectivity index (χ4n) is 2.16. The van der Waals surface area contributed by atoms with Crippen LogP contribution >= 0.6 is 0 Å². The number of fused-ring (bicyclic) bond motifs is 1. The molecular weight excluding hydrogens is 266 g/mol. The third-order valence-corrected chi connectivity index (χ3v) is 3.18. The average Bonchev–Trinajstić information content (AvgIpc) is 2.87. The van der Waals surface area contributed by atoms with Gasteiger partial charge < -0.3 is 9.73 Å². The van der Waals surface area contributed by atoms with E-state index in [-0.39, 0.29) is 5.91 Å². The zero-order chi connectivity index (χ0) is 14.7. The summed E-state index contributed by atoms with van der Waals surface area (Å²) in [6.07, 6.45) is 3.94. The summed E-state index contributed by atoms with van der Waals surface area (Å²) in [4.78, 5) is 20.1. The van der Waals surface area contributed by atoms with Crippen molar-refractivity contribution in [3.8, 4) is 0 Å². The normalized spacial score (nSPS) is 10.7. The Morgan fingerprint density at radius 2 is 2.24 bits per heavy atom. The summed E-state index contributed by atoms with van der Waals surface area (Å²) in [5.74, 6) is 0.548. The Morgan fingerprint density at radius 1 is 1.33 bits per heavy atom. The minimum Gasteiger partial charge on any atom is -0.441 e. The number of rotatable bonds is 4. The van der Waals surface area contributed by atoms with Gasteiger partial charge in [-0.2, -0.15) is 0 Å². The van der Waals surface area contributed by atoms with E-state index < -0.39 is 0 Å². The molecule has 0 spiro atoms. The minimum atomic E-state index is -0.111. The van der Waals surface area contributed by atoms with E-state index in [9.17, 15) is 4.79 Å². The summed E-state index contributed by atoms with van der Waals surface area (Å²) < 4.78 is 5.50. The van der Waals surface area contributed by atoms with E-state index in [0.29, 0.717) is 18.0 Å². The van der Waals surface area contributed by atoms with E-state index in [4.69, 9.17) is 4.42 Å². The number of oxazole rings is 1. The molecule has 3 aromatic rings. The molecule has 5 nitrogen and oxygen atoms in total. The predicted molar refractivity (Wildman–Crippen MR) is 79.0 cm³/mol. The van der Waals surface area contributed by atoms with Gasteiger partial charge in [0.05, 0.1) is 5.56 Å². The number of carbonyl (C=O) groups is 1. The van der Waals surface area contributed by atoms with Crippen molar-refractivity contribution in [2.45, 2.75) is 13.3 Å². The van der Waals surface area contributed by atoms with E-state index in [1.54, 1.807) is 24.5 Å². The molecule has 0 fully saturated rings. The Kier molecular flexibility index (Phi) is 3.64. The molecule has 1 N–H and O–H groups in total. The predicted octanol–water partition coefficient (Wildman–Crippen LogP) is 2.50. The van der Waals surface area contributed by atoms with Gasteiger partial charge in [-0.1, -0.05) is 6.07 Å². The number of benzene rings is 1. The summed E-state index contributed by atoms with van der Waals surface area (Å²) >= 11 is 0. The lowest BCUT2D eigenvalue weighted by atomic mass is 10.1. The van der Waals surface area contributed by atoms with Crippen LogP contribution in [0.15, 0.2) is 47.1 Å². The van der Waals surface area contributed by atoms with E-state index in [0.717, 1.165) is 23.1 Å². The summed E-state index contributed by atoms with van der Waals surface area (Å²) in [7, 11) is 0. The lowest BCUT2D eigenvalue weighted by Gasteiger charge is -2.05. The molecule has 5 heteroatoms. The zero-order valence-electron chi connectivity index (χ0n) is 11.7. The van der Waals surface area contributed by atoms with Gasteiger partial charge in [0.25, 0.3) is 5.91 Å². The molecule has 2 aromatic heterocycles. The third-order valence-electron chi connectivity index (χ3n) is 3.18. The number of carbonyl (C=O) groups excluding carboxylic acids is 1. The zero-order valence-corrected chi connectivity index (χ0v) is 11.7. The molecule has 21 heavy (non-hydrogen) atoms. The Hall–Kier alpha value is -2.69. The van der Waals surface area contributed by atoms with Crippen molar-refractivity contribution in [1.29, 1.82) is 0 Å². The van der Waals surface area contributed by atoms with E-state index >= 15 is 0 Å². The second-order valence-corrected chi connectivity index (χ2v) is 4.78. The summed E-state index contributed by atoms with van der Waals surface area (Å²) in [5.41, 5.74) is 3.31. The van der Waals surface area contributed by atoms with Crippen LogP contribution in [0.1, 0.15) is 21.8 Å². The van der Waals surface area contributed by atoms with Crippen LogP contribution in [0.2, 0.25) is 0 Å². The third kappa shape index (κ3) is 3.08. The number of hydrogen-bond donors (Lipinski definition) is 1. The molecule has 0 radical (unpaired) electrons. The second-order valence-electron chi connectivity index (χ2n) is 4.78. The molecule has 0 aliphatic carbocycles. The molecule has 0 saturated carbocycles. The molecule has 0 atom stereocenters. The molecule has 106 valence electrons. The highest BCUT2D eigenvalue weighted by atomic mass is 16.3. The first-order valence-corrected chi connectivity index (χ1v) is 6.77. The maximum atomic E-state index is 11.9. The van der Waals surface area contributed by atoms with Crippen molar-refractivity contribution < 1.29 is 9.21 Å². The molecule has 0 aliphatic heterocycles. The maximum absolute atomic E-state index is 11.9. The highest BCUT2D eigenvalue weighted by Gasteiger charge is 2.06. The first kappa shape index (κ1) is 13.3. The summed E-state index contributed by atoms with van der Waals surface area (Å²) in [5, 5.41) is 2.88. The molecule has 3 rings (SSSR count). The van der Waals surface area contributed by atoms with Gasteiger partial charge in [0, 0.05) is 25.9 Å². The van der Waals surface area contributed by atoms with Crippen molar-refractivity contribution in [1.82, 2.24) is 15.3 Å². The average molecular weight is 281 g/mol. The molecule has 1 amide bonds. The van der Waals surface area contributed by atoms with E-state index in [1.165, 1.54) is 0 Å². The Labute approximate surface area is 122 Å². The molecule has 2 heterocycles. The fourth-order valence-corrected chi connectivity index (χ4v) is 2.16. The van der Waals surface area contributed by atoms with Crippen LogP contribution in [-0.2, 0) is 6.42 Å². The van der Waals surface area contributed by atoms with Gasteiger partial charge in [-0.3, -0.25) is 9.78 Å². The van der Waals surface area contributed by atoms with Crippen LogP contribution in [0.3, 0.4) is 0 Å². The van der Waals surface area contributed by atoms with E-state index in [1.807, 2.05) is 25.1 Å². The van der Waals surface area contributed by atoms with Crippen molar-refractivity contribution in [2.75, 3.05) is 6.54 Å². The standard InChI is InChI=1S/C16H15N3O2/c1-11-19-14-5-4-12(9-15(14)21-11)6-8-18-16(20)13-3-2-7-17-10-13/h2-5,7,9-10H,6,8H2,1H3,(H,18,20). The number of hydrogen-bond acceptors (Lipinski definition) is 4.